The van der Waals surface area contributed by atoms with Gasteiger partial charge in [0.25, 0.3) is 0 Å². The minimum Gasteiger partial charge on any atom is -0.478 e. The predicted octanol–water partition coefficient (Wildman–Crippen LogP) is 3.55. The summed E-state index contributed by atoms with van der Waals surface area (Å²) in [5.74, 6) is -1.37. The van der Waals surface area contributed by atoms with Gasteiger partial charge in [0.2, 0.25) is 0 Å². The average Bonchev–Trinajstić information content (AvgIpc) is 2.42. The van der Waals surface area contributed by atoms with Crippen molar-refractivity contribution in [3.63, 3.8) is 0 Å². The van der Waals surface area contributed by atoms with Crippen LogP contribution < -0.4 is 4.74 Å². The zero-order chi connectivity index (χ0) is 14.5. The number of carboxylic acid groups (broad SMARTS) is 1. The highest BCUT2D eigenvalue weighted by Crippen LogP contribution is 2.25. The summed E-state index contributed by atoms with van der Waals surface area (Å²) in [6, 6.07) is 12.6. The molecule has 0 heterocycles. The van der Waals surface area contributed by atoms with Crippen molar-refractivity contribution in [2.45, 2.75) is 12.5 Å². The molecule has 0 spiro atoms. The van der Waals surface area contributed by atoms with Crippen LogP contribution in [-0.2, 0) is 11.2 Å². The van der Waals surface area contributed by atoms with Gasteiger partial charge in [-0.2, -0.15) is 0 Å². The van der Waals surface area contributed by atoms with Crippen molar-refractivity contribution in [3.05, 3.63) is 64.9 Å². The first kappa shape index (κ1) is 14.3. The molecule has 0 fully saturated rings. The Morgan fingerprint density at radius 2 is 1.85 bits per heavy atom. The van der Waals surface area contributed by atoms with Gasteiger partial charge in [0, 0.05) is 6.42 Å². The van der Waals surface area contributed by atoms with Gasteiger partial charge in [0.15, 0.2) is 6.10 Å². The second kappa shape index (κ2) is 6.39. The third-order valence-corrected chi connectivity index (χ3v) is 3.06. The zero-order valence-electron chi connectivity index (χ0n) is 10.4. The fourth-order valence-corrected chi connectivity index (χ4v) is 1.92. The van der Waals surface area contributed by atoms with Crippen molar-refractivity contribution in [2.75, 3.05) is 0 Å². The molecular formula is C15H12ClFO3. The van der Waals surface area contributed by atoms with Crippen molar-refractivity contribution < 1.29 is 19.0 Å². The predicted molar refractivity (Wildman–Crippen MR) is 73.6 cm³/mol. The largest absolute Gasteiger partial charge is 0.478 e. The van der Waals surface area contributed by atoms with Crippen LogP contribution in [0.25, 0.3) is 0 Å². The van der Waals surface area contributed by atoms with E-state index in [1.165, 1.54) is 12.1 Å². The van der Waals surface area contributed by atoms with E-state index in [2.05, 4.69) is 0 Å². The fraction of sp³-hybridized carbons (Fsp3) is 0.133. The molecule has 20 heavy (non-hydrogen) atoms. The summed E-state index contributed by atoms with van der Waals surface area (Å²) >= 11 is 5.92. The Hall–Kier alpha value is -2.07. The molecule has 0 amide bonds. The van der Waals surface area contributed by atoms with Crippen LogP contribution in [0, 0.1) is 5.82 Å². The van der Waals surface area contributed by atoms with Gasteiger partial charge in [0.1, 0.15) is 11.6 Å². The van der Waals surface area contributed by atoms with Crippen molar-refractivity contribution in [1.82, 2.24) is 0 Å². The Balaban J connectivity index is 2.19. The minimum atomic E-state index is -1.20. The summed E-state index contributed by atoms with van der Waals surface area (Å²) in [6.07, 6.45) is -1.28. The number of aliphatic carboxylic acids is 1. The lowest BCUT2D eigenvalue weighted by Gasteiger charge is -2.16. The summed E-state index contributed by atoms with van der Waals surface area (Å²) in [7, 11) is 0. The second-order valence-electron chi connectivity index (χ2n) is 4.17. The van der Waals surface area contributed by atoms with E-state index in [-0.39, 0.29) is 17.7 Å². The molecule has 0 radical (unpaired) electrons. The minimum absolute atomic E-state index is 0.0762. The van der Waals surface area contributed by atoms with E-state index >= 15 is 0 Å². The number of rotatable bonds is 5. The van der Waals surface area contributed by atoms with E-state index in [1.54, 1.807) is 36.4 Å². The Labute approximate surface area is 120 Å². The first-order chi connectivity index (χ1) is 9.58. The van der Waals surface area contributed by atoms with Crippen LogP contribution in [0.1, 0.15) is 5.56 Å². The smallest absolute Gasteiger partial charge is 0.345 e. The molecule has 1 N–H and O–H groups in total. The van der Waals surface area contributed by atoms with Crippen LogP contribution in [0.5, 0.6) is 5.75 Å². The first-order valence-electron chi connectivity index (χ1n) is 5.95. The maximum atomic E-state index is 13.6. The summed E-state index contributed by atoms with van der Waals surface area (Å²) in [5.41, 5.74) is 0.284. The summed E-state index contributed by atoms with van der Waals surface area (Å²) < 4.78 is 18.9. The molecule has 0 aliphatic heterocycles. The van der Waals surface area contributed by atoms with Gasteiger partial charge in [-0.1, -0.05) is 41.9 Å². The third-order valence-electron chi connectivity index (χ3n) is 2.74. The van der Waals surface area contributed by atoms with Crippen LogP contribution in [0.3, 0.4) is 0 Å². The average molecular weight is 295 g/mol. The Morgan fingerprint density at radius 1 is 1.20 bits per heavy atom. The van der Waals surface area contributed by atoms with Gasteiger partial charge < -0.3 is 9.84 Å². The molecule has 1 unspecified atom stereocenters. The maximum Gasteiger partial charge on any atom is 0.345 e. The third kappa shape index (κ3) is 3.48. The van der Waals surface area contributed by atoms with Crippen LogP contribution in [0.15, 0.2) is 48.5 Å². The number of hydrogen-bond acceptors (Lipinski definition) is 2. The number of carbonyl (C=O) groups is 1. The molecule has 1 atom stereocenters. The van der Waals surface area contributed by atoms with Crippen molar-refractivity contribution in [2.24, 2.45) is 0 Å². The summed E-state index contributed by atoms with van der Waals surface area (Å²) in [5, 5.41) is 9.50. The zero-order valence-corrected chi connectivity index (χ0v) is 11.2. The quantitative estimate of drug-likeness (QED) is 0.917. The standard InChI is InChI=1S/C15H12ClFO3/c16-11-6-2-4-8-13(11)20-14(15(18)19)9-10-5-1-3-7-12(10)17/h1-8,14H,9H2,(H,18,19). The Bertz CT molecular complexity index is 568. The van der Waals surface area contributed by atoms with Gasteiger partial charge in [-0.3, -0.25) is 0 Å². The van der Waals surface area contributed by atoms with E-state index in [1.807, 2.05) is 0 Å². The number of para-hydroxylation sites is 1. The molecule has 3 nitrogen and oxygen atoms in total. The van der Waals surface area contributed by atoms with Crippen LogP contribution >= 0.6 is 11.6 Å². The van der Waals surface area contributed by atoms with Crippen LogP contribution in [0.4, 0.5) is 4.39 Å². The highest BCUT2D eigenvalue weighted by Gasteiger charge is 2.22. The summed E-state index contributed by atoms with van der Waals surface area (Å²) in [4.78, 5) is 11.2. The number of carboxylic acids is 1. The number of hydrogen-bond donors (Lipinski definition) is 1. The van der Waals surface area contributed by atoms with Gasteiger partial charge in [0.05, 0.1) is 5.02 Å². The molecule has 2 rings (SSSR count). The van der Waals surface area contributed by atoms with E-state index in [9.17, 15) is 14.3 Å². The molecule has 5 heteroatoms. The molecule has 104 valence electrons. The van der Waals surface area contributed by atoms with Crippen LogP contribution in [0.2, 0.25) is 5.02 Å². The molecule has 0 bridgehead atoms. The second-order valence-corrected chi connectivity index (χ2v) is 4.58. The molecule has 0 aliphatic rings. The van der Waals surface area contributed by atoms with Gasteiger partial charge in [-0.25, -0.2) is 9.18 Å². The molecule has 2 aromatic carbocycles. The van der Waals surface area contributed by atoms with E-state index in [0.717, 1.165) is 0 Å². The molecule has 0 aromatic heterocycles. The molecule has 0 saturated carbocycles. The maximum absolute atomic E-state index is 13.6. The molecule has 0 saturated heterocycles. The Morgan fingerprint density at radius 3 is 2.50 bits per heavy atom. The summed E-state index contributed by atoms with van der Waals surface area (Å²) in [6.45, 7) is 0. The van der Waals surface area contributed by atoms with Gasteiger partial charge in [-0.05, 0) is 23.8 Å². The monoisotopic (exact) mass is 294 g/mol. The molecule has 0 aliphatic carbocycles. The number of ether oxygens (including phenoxy) is 1. The lowest BCUT2D eigenvalue weighted by molar-refractivity contribution is -0.145. The first-order valence-corrected chi connectivity index (χ1v) is 6.33. The Kier molecular flexibility index (Phi) is 4.58. The normalized spacial score (nSPS) is 11.9. The highest BCUT2D eigenvalue weighted by molar-refractivity contribution is 6.32. The fourth-order valence-electron chi connectivity index (χ4n) is 1.74. The lowest BCUT2D eigenvalue weighted by Crippen LogP contribution is -2.29. The van der Waals surface area contributed by atoms with Gasteiger partial charge in [-0.15, -0.1) is 0 Å². The van der Waals surface area contributed by atoms with E-state index < -0.39 is 17.9 Å². The number of benzene rings is 2. The lowest BCUT2D eigenvalue weighted by atomic mass is 10.1. The highest BCUT2D eigenvalue weighted by atomic mass is 35.5. The number of halogens is 2. The van der Waals surface area contributed by atoms with E-state index in [4.69, 9.17) is 16.3 Å². The molecular weight excluding hydrogens is 283 g/mol. The van der Waals surface area contributed by atoms with Crippen molar-refractivity contribution in [3.8, 4) is 5.75 Å². The SMILES string of the molecule is O=C(O)C(Cc1ccccc1F)Oc1ccccc1Cl. The molecule has 2 aromatic rings. The van der Waals surface area contributed by atoms with Gasteiger partial charge >= 0.3 is 5.97 Å². The van der Waals surface area contributed by atoms with Crippen molar-refractivity contribution >= 4 is 17.6 Å². The topological polar surface area (TPSA) is 46.5 Å². The van der Waals surface area contributed by atoms with Crippen molar-refractivity contribution in [1.29, 1.82) is 0 Å². The van der Waals surface area contributed by atoms with E-state index in [0.29, 0.717) is 5.02 Å². The van der Waals surface area contributed by atoms with Crippen LogP contribution in [-0.4, -0.2) is 17.2 Å².